The van der Waals surface area contributed by atoms with Crippen molar-refractivity contribution in [2.45, 2.75) is 33.6 Å². The van der Waals surface area contributed by atoms with Crippen LogP contribution in [0.15, 0.2) is 18.2 Å². The number of rotatable bonds is 4. The summed E-state index contributed by atoms with van der Waals surface area (Å²) in [7, 11) is 1.98. The van der Waals surface area contributed by atoms with Crippen molar-refractivity contribution in [1.29, 1.82) is 0 Å². The van der Waals surface area contributed by atoms with E-state index in [-0.39, 0.29) is 0 Å². The Kier molecular flexibility index (Phi) is 4.51. The Labute approximate surface area is 126 Å². The van der Waals surface area contributed by atoms with Crippen molar-refractivity contribution in [2.75, 3.05) is 13.6 Å². The Bertz CT molecular complexity index is 616. The molecule has 0 amide bonds. The average molecular weight is 292 g/mol. The quantitative estimate of drug-likeness (QED) is 0.929. The number of aryl methyl sites for hydroxylation is 2. The van der Waals surface area contributed by atoms with E-state index in [9.17, 15) is 0 Å². The highest BCUT2D eigenvalue weighted by Gasteiger charge is 2.18. The molecule has 2 rings (SSSR count). The topological polar surface area (TPSA) is 29.9 Å². The van der Waals surface area contributed by atoms with Crippen molar-refractivity contribution in [3.05, 3.63) is 45.7 Å². The van der Waals surface area contributed by atoms with Gasteiger partial charge in [-0.15, -0.1) is 0 Å². The first-order valence-corrected chi connectivity index (χ1v) is 7.30. The molecule has 1 unspecified atom stereocenters. The highest BCUT2D eigenvalue weighted by atomic mass is 35.5. The molecule has 20 heavy (non-hydrogen) atoms. The van der Waals surface area contributed by atoms with E-state index < -0.39 is 0 Å². The van der Waals surface area contributed by atoms with Crippen LogP contribution in [-0.4, -0.2) is 23.4 Å². The minimum absolute atomic E-state index is 0.440. The minimum Gasteiger partial charge on any atom is -0.319 e. The van der Waals surface area contributed by atoms with Gasteiger partial charge in [-0.25, -0.2) is 4.68 Å². The molecule has 1 aromatic heterocycles. The van der Waals surface area contributed by atoms with Crippen LogP contribution in [0.1, 0.15) is 35.4 Å². The van der Waals surface area contributed by atoms with E-state index in [1.165, 1.54) is 11.3 Å². The van der Waals surface area contributed by atoms with Crippen LogP contribution >= 0.6 is 11.6 Å². The Morgan fingerprint density at radius 2 is 2.00 bits per heavy atom. The fraction of sp³-hybridized carbons (Fsp3) is 0.438. The zero-order valence-corrected chi connectivity index (χ0v) is 13.5. The zero-order chi connectivity index (χ0) is 14.9. The lowest BCUT2D eigenvalue weighted by Crippen LogP contribution is -2.15. The van der Waals surface area contributed by atoms with E-state index in [0.717, 1.165) is 28.5 Å². The van der Waals surface area contributed by atoms with E-state index in [4.69, 9.17) is 11.6 Å². The van der Waals surface area contributed by atoms with Crippen LogP contribution in [0.5, 0.6) is 0 Å². The molecule has 3 nitrogen and oxygen atoms in total. The second kappa shape index (κ2) is 5.98. The molecule has 0 saturated carbocycles. The summed E-state index contributed by atoms with van der Waals surface area (Å²) in [5, 5.41) is 8.69. The number of nitrogens with one attached hydrogen (secondary N) is 1. The molecule has 108 valence electrons. The van der Waals surface area contributed by atoms with Gasteiger partial charge in [0.1, 0.15) is 0 Å². The first-order chi connectivity index (χ1) is 9.45. The van der Waals surface area contributed by atoms with E-state index in [2.05, 4.69) is 37.3 Å². The lowest BCUT2D eigenvalue weighted by Gasteiger charge is -2.12. The number of halogens is 1. The van der Waals surface area contributed by atoms with Gasteiger partial charge >= 0.3 is 0 Å². The summed E-state index contributed by atoms with van der Waals surface area (Å²) in [5.74, 6) is 0.440. The van der Waals surface area contributed by atoms with Crippen molar-refractivity contribution in [1.82, 2.24) is 15.1 Å². The van der Waals surface area contributed by atoms with Crippen LogP contribution in [0.2, 0.25) is 5.02 Å². The fourth-order valence-electron chi connectivity index (χ4n) is 2.74. The van der Waals surface area contributed by atoms with Gasteiger partial charge in [0, 0.05) is 22.8 Å². The van der Waals surface area contributed by atoms with Gasteiger partial charge in [0.25, 0.3) is 0 Å². The molecule has 1 atom stereocenters. The molecule has 0 saturated heterocycles. The second-order valence-electron chi connectivity index (χ2n) is 5.39. The second-order valence-corrected chi connectivity index (χ2v) is 5.80. The Balaban J connectivity index is 2.48. The summed E-state index contributed by atoms with van der Waals surface area (Å²) in [4.78, 5) is 0. The number of benzene rings is 1. The van der Waals surface area contributed by atoms with Crippen molar-refractivity contribution >= 4 is 11.6 Å². The molecule has 1 aromatic carbocycles. The van der Waals surface area contributed by atoms with Crippen molar-refractivity contribution in [3.63, 3.8) is 0 Å². The van der Waals surface area contributed by atoms with E-state index >= 15 is 0 Å². The van der Waals surface area contributed by atoms with Gasteiger partial charge in [0.15, 0.2) is 0 Å². The molecule has 1 heterocycles. The summed E-state index contributed by atoms with van der Waals surface area (Å²) in [6.45, 7) is 9.37. The molecule has 4 heteroatoms. The van der Waals surface area contributed by atoms with Crippen LogP contribution in [0.4, 0.5) is 0 Å². The SMILES string of the molecule is CNCC(C)c1c(C)nn(-c2ccc(C)c(Cl)c2)c1C. The first kappa shape index (κ1) is 15.1. The van der Waals surface area contributed by atoms with Crippen LogP contribution in [0.25, 0.3) is 5.69 Å². The molecule has 0 aliphatic heterocycles. The maximum absolute atomic E-state index is 6.22. The molecule has 0 fully saturated rings. The predicted octanol–water partition coefficient (Wildman–Crippen LogP) is 3.77. The Morgan fingerprint density at radius 1 is 1.30 bits per heavy atom. The molecule has 2 aromatic rings. The van der Waals surface area contributed by atoms with Gasteiger partial charge in [-0.2, -0.15) is 5.10 Å². The largest absolute Gasteiger partial charge is 0.319 e. The molecular formula is C16H22ClN3. The predicted molar refractivity (Wildman–Crippen MR) is 85.1 cm³/mol. The summed E-state index contributed by atoms with van der Waals surface area (Å²) in [5.41, 5.74) is 5.69. The van der Waals surface area contributed by atoms with Crippen LogP contribution < -0.4 is 5.32 Å². The number of hydrogen-bond acceptors (Lipinski definition) is 2. The third kappa shape index (κ3) is 2.74. The maximum atomic E-state index is 6.22. The van der Waals surface area contributed by atoms with Crippen LogP contribution in [-0.2, 0) is 0 Å². The van der Waals surface area contributed by atoms with Gasteiger partial charge in [-0.05, 0) is 51.4 Å². The van der Waals surface area contributed by atoms with Gasteiger partial charge in [-0.3, -0.25) is 0 Å². The Morgan fingerprint density at radius 3 is 2.60 bits per heavy atom. The number of hydrogen-bond donors (Lipinski definition) is 1. The lowest BCUT2D eigenvalue weighted by molar-refractivity contribution is 0.670. The maximum Gasteiger partial charge on any atom is 0.0663 e. The molecule has 0 aliphatic rings. The van der Waals surface area contributed by atoms with Gasteiger partial charge in [-0.1, -0.05) is 24.6 Å². The van der Waals surface area contributed by atoms with Crippen molar-refractivity contribution in [3.8, 4) is 5.69 Å². The summed E-state index contributed by atoms with van der Waals surface area (Å²) in [6.07, 6.45) is 0. The average Bonchev–Trinajstić information content (AvgIpc) is 2.68. The smallest absolute Gasteiger partial charge is 0.0663 e. The third-order valence-corrected chi connectivity index (χ3v) is 4.16. The highest BCUT2D eigenvalue weighted by Crippen LogP contribution is 2.26. The minimum atomic E-state index is 0.440. The van der Waals surface area contributed by atoms with E-state index in [1.807, 2.05) is 30.8 Å². The standard InChI is InChI=1S/C16H22ClN3/c1-10-6-7-14(8-15(10)17)20-13(4)16(12(3)19-20)11(2)9-18-5/h6-8,11,18H,9H2,1-5H3. The molecule has 0 radical (unpaired) electrons. The zero-order valence-electron chi connectivity index (χ0n) is 12.8. The van der Waals surface area contributed by atoms with E-state index in [1.54, 1.807) is 0 Å². The first-order valence-electron chi connectivity index (χ1n) is 6.93. The molecular weight excluding hydrogens is 270 g/mol. The lowest BCUT2D eigenvalue weighted by atomic mass is 9.99. The monoisotopic (exact) mass is 291 g/mol. The number of nitrogens with zero attached hydrogens (tertiary/aromatic N) is 2. The molecule has 0 spiro atoms. The Hall–Kier alpha value is -1.32. The van der Waals surface area contributed by atoms with Crippen molar-refractivity contribution < 1.29 is 0 Å². The molecule has 1 N–H and O–H groups in total. The van der Waals surface area contributed by atoms with Gasteiger partial charge < -0.3 is 5.32 Å². The third-order valence-electron chi connectivity index (χ3n) is 3.75. The highest BCUT2D eigenvalue weighted by molar-refractivity contribution is 6.31. The van der Waals surface area contributed by atoms with Crippen LogP contribution in [0.3, 0.4) is 0 Å². The number of aromatic nitrogens is 2. The van der Waals surface area contributed by atoms with E-state index in [0.29, 0.717) is 5.92 Å². The summed E-state index contributed by atoms with van der Waals surface area (Å²) >= 11 is 6.22. The fourth-order valence-corrected chi connectivity index (χ4v) is 2.92. The summed E-state index contributed by atoms with van der Waals surface area (Å²) in [6, 6.07) is 6.07. The van der Waals surface area contributed by atoms with Gasteiger partial charge in [0.2, 0.25) is 0 Å². The molecule has 0 bridgehead atoms. The number of likely N-dealkylation sites (N-methyl/N-ethyl adjacent to an activating group) is 1. The summed E-state index contributed by atoms with van der Waals surface area (Å²) < 4.78 is 1.99. The molecule has 0 aliphatic carbocycles. The van der Waals surface area contributed by atoms with Gasteiger partial charge in [0.05, 0.1) is 11.4 Å². The normalized spacial score (nSPS) is 12.7. The van der Waals surface area contributed by atoms with Crippen molar-refractivity contribution in [2.24, 2.45) is 0 Å². The van der Waals surface area contributed by atoms with Crippen LogP contribution in [0, 0.1) is 20.8 Å².